The van der Waals surface area contributed by atoms with Gasteiger partial charge in [-0.3, -0.25) is 4.40 Å². The SMILES string of the molecule is COc1ccccc1N=Nc1c(-c2ccccc2)cc2ccccn12. The second-order valence-electron chi connectivity index (χ2n) is 5.61. The molecule has 4 heteroatoms. The number of hydrogen-bond donors (Lipinski definition) is 0. The lowest BCUT2D eigenvalue weighted by Gasteiger charge is -2.03. The van der Waals surface area contributed by atoms with E-state index in [4.69, 9.17) is 4.74 Å². The molecule has 0 radical (unpaired) electrons. The van der Waals surface area contributed by atoms with Crippen LogP contribution in [0.1, 0.15) is 0 Å². The van der Waals surface area contributed by atoms with Gasteiger partial charge >= 0.3 is 0 Å². The van der Waals surface area contributed by atoms with Gasteiger partial charge in [-0.15, -0.1) is 10.2 Å². The van der Waals surface area contributed by atoms with Crippen LogP contribution in [-0.2, 0) is 0 Å². The molecule has 0 bridgehead atoms. The Kier molecular flexibility index (Phi) is 4.01. The average molecular weight is 327 g/mol. The first-order valence-electron chi connectivity index (χ1n) is 8.07. The minimum atomic E-state index is 0.702. The van der Waals surface area contributed by atoms with Crippen molar-refractivity contribution in [2.75, 3.05) is 7.11 Å². The van der Waals surface area contributed by atoms with Gasteiger partial charge in [0.1, 0.15) is 11.4 Å². The predicted molar refractivity (Wildman–Crippen MR) is 100 cm³/mol. The highest BCUT2D eigenvalue weighted by Gasteiger charge is 2.11. The van der Waals surface area contributed by atoms with Crippen LogP contribution >= 0.6 is 0 Å². The van der Waals surface area contributed by atoms with Gasteiger partial charge in [0.15, 0.2) is 5.82 Å². The zero-order valence-corrected chi connectivity index (χ0v) is 13.8. The third kappa shape index (κ3) is 2.90. The highest BCUT2D eigenvalue weighted by molar-refractivity contribution is 5.81. The Morgan fingerprint density at radius 2 is 1.56 bits per heavy atom. The van der Waals surface area contributed by atoms with Crippen molar-refractivity contribution >= 4 is 17.0 Å². The maximum Gasteiger partial charge on any atom is 0.167 e. The van der Waals surface area contributed by atoms with Gasteiger partial charge in [0.2, 0.25) is 0 Å². The largest absolute Gasteiger partial charge is 0.494 e. The molecule has 4 rings (SSSR count). The van der Waals surface area contributed by atoms with E-state index in [9.17, 15) is 0 Å². The number of rotatable bonds is 4. The summed E-state index contributed by atoms with van der Waals surface area (Å²) in [5.41, 5.74) is 3.94. The number of methoxy groups -OCH3 is 1. The minimum absolute atomic E-state index is 0.702. The maximum absolute atomic E-state index is 5.36. The van der Waals surface area contributed by atoms with E-state index < -0.39 is 0 Å². The molecule has 2 aromatic carbocycles. The second kappa shape index (κ2) is 6.61. The Hall–Kier alpha value is -3.40. The third-order valence-electron chi connectivity index (χ3n) is 4.08. The third-order valence-corrected chi connectivity index (χ3v) is 4.08. The second-order valence-corrected chi connectivity index (χ2v) is 5.61. The number of aromatic nitrogens is 1. The van der Waals surface area contributed by atoms with Crippen molar-refractivity contribution in [3.63, 3.8) is 0 Å². The van der Waals surface area contributed by atoms with Crippen LogP contribution in [0.4, 0.5) is 11.5 Å². The number of benzene rings is 2. The Morgan fingerprint density at radius 3 is 2.40 bits per heavy atom. The molecule has 0 saturated carbocycles. The number of para-hydroxylation sites is 1. The van der Waals surface area contributed by atoms with Gasteiger partial charge in [-0.25, -0.2) is 0 Å². The Morgan fingerprint density at radius 1 is 0.800 bits per heavy atom. The van der Waals surface area contributed by atoms with Crippen LogP contribution in [0.25, 0.3) is 16.6 Å². The molecule has 4 nitrogen and oxygen atoms in total. The number of ether oxygens (including phenoxy) is 1. The molecule has 25 heavy (non-hydrogen) atoms. The quantitative estimate of drug-likeness (QED) is 0.422. The fourth-order valence-corrected chi connectivity index (χ4v) is 2.85. The Balaban J connectivity index is 1.87. The maximum atomic E-state index is 5.36. The summed E-state index contributed by atoms with van der Waals surface area (Å²) < 4.78 is 7.40. The van der Waals surface area contributed by atoms with E-state index >= 15 is 0 Å². The molecule has 0 unspecified atom stereocenters. The molecular weight excluding hydrogens is 310 g/mol. The van der Waals surface area contributed by atoms with Gasteiger partial charge in [0.05, 0.1) is 7.11 Å². The van der Waals surface area contributed by atoms with Gasteiger partial charge in [-0.1, -0.05) is 48.5 Å². The molecule has 0 aliphatic heterocycles. The number of hydrogen-bond acceptors (Lipinski definition) is 3. The van der Waals surface area contributed by atoms with E-state index in [0.717, 1.165) is 22.5 Å². The van der Waals surface area contributed by atoms with Crippen LogP contribution in [0.15, 0.2) is 95.3 Å². The highest BCUT2D eigenvalue weighted by atomic mass is 16.5. The molecule has 2 aromatic heterocycles. The van der Waals surface area contributed by atoms with Gasteiger partial charge < -0.3 is 4.74 Å². The summed E-state index contributed by atoms with van der Waals surface area (Å²) in [5.74, 6) is 1.50. The molecule has 0 amide bonds. The Labute approximate surface area is 146 Å². The van der Waals surface area contributed by atoms with Gasteiger partial charge in [0.25, 0.3) is 0 Å². The van der Waals surface area contributed by atoms with E-state index in [2.05, 4.69) is 34.5 Å². The molecule has 2 heterocycles. The van der Waals surface area contributed by atoms with E-state index in [0.29, 0.717) is 11.4 Å². The highest BCUT2D eigenvalue weighted by Crippen LogP contribution is 2.36. The molecule has 4 aromatic rings. The summed E-state index contributed by atoms with van der Waals surface area (Å²) in [7, 11) is 1.64. The van der Waals surface area contributed by atoms with Gasteiger partial charge in [-0.05, 0) is 35.9 Å². The molecule has 0 atom stereocenters. The number of nitrogens with zero attached hydrogens (tertiary/aromatic N) is 3. The first kappa shape index (κ1) is 15.1. The van der Waals surface area contributed by atoms with E-state index in [1.165, 1.54) is 0 Å². The summed E-state index contributed by atoms with van der Waals surface area (Å²) in [5, 5.41) is 8.99. The van der Waals surface area contributed by atoms with Crippen LogP contribution in [0.2, 0.25) is 0 Å². The number of azo groups is 1. The van der Waals surface area contributed by atoms with Crippen LogP contribution in [0.3, 0.4) is 0 Å². The van der Waals surface area contributed by atoms with Crippen molar-refractivity contribution in [1.29, 1.82) is 0 Å². The fourth-order valence-electron chi connectivity index (χ4n) is 2.85. The van der Waals surface area contributed by atoms with E-state index in [1.54, 1.807) is 7.11 Å². The van der Waals surface area contributed by atoms with Crippen LogP contribution in [0, 0.1) is 0 Å². The van der Waals surface area contributed by atoms with Crippen molar-refractivity contribution in [1.82, 2.24) is 4.40 Å². The van der Waals surface area contributed by atoms with Gasteiger partial charge in [-0.2, -0.15) is 0 Å². The zero-order valence-electron chi connectivity index (χ0n) is 13.8. The molecule has 0 spiro atoms. The van der Waals surface area contributed by atoms with Gasteiger partial charge in [0, 0.05) is 17.3 Å². The molecule has 0 N–H and O–H groups in total. The lowest BCUT2D eigenvalue weighted by molar-refractivity contribution is 0.416. The first-order valence-corrected chi connectivity index (χ1v) is 8.07. The summed E-state index contributed by atoms with van der Waals surface area (Å²) in [6.07, 6.45) is 2.00. The van der Waals surface area contributed by atoms with E-state index in [-0.39, 0.29) is 0 Å². The normalized spacial score (nSPS) is 11.2. The summed E-state index contributed by atoms with van der Waals surface area (Å²) in [6, 6.07) is 26.0. The first-order chi connectivity index (χ1) is 12.4. The number of fused-ring (bicyclic) bond motifs is 1. The fraction of sp³-hybridized carbons (Fsp3) is 0.0476. The van der Waals surface area contributed by atoms with Crippen LogP contribution in [0.5, 0.6) is 5.75 Å². The predicted octanol–water partition coefficient (Wildman–Crippen LogP) is 6.03. The molecule has 0 aliphatic carbocycles. The minimum Gasteiger partial charge on any atom is -0.494 e. The van der Waals surface area contributed by atoms with Crippen LogP contribution < -0.4 is 4.74 Å². The smallest absolute Gasteiger partial charge is 0.167 e. The van der Waals surface area contributed by atoms with Crippen molar-refractivity contribution in [3.05, 3.63) is 85.1 Å². The van der Waals surface area contributed by atoms with E-state index in [1.807, 2.05) is 65.2 Å². The van der Waals surface area contributed by atoms with Crippen molar-refractivity contribution in [3.8, 4) is 16.9 Å². The van der Waals surface area contributed by atoms with Crippen molar-refractivity contribution in [2.45, 2.75) is 0 Å². The standard InChI is InChI=1S/C21H17N3O/c1-25-20-13-6-5-12-19(20)22-23-21-18(16-9-3-2-4-10-16)15-17-11-7-8-14-24(17)21/h2-15H,1H3. The summed E-state index contributed by atoms with van der Waals surface area (Å²) >= 11 is 0. The van der Waals surface area contributed by atoms with Crippen LogP contribution in [-0.4, -0.2) is 11.5 Å². The van der Waals surface area contributed by atoms with Crippen molar-refractivity contribution in [2.24, 2.45) is 10.2 Å². The topological polar surface area (TPSA) is 38.4 Å². The molecular formula is C21H17N3O. The monoisotopic (exact) mass is 327 g/mol. The lowest BCUT2D eigenvalue weighted by atomic mass is 10.1. The average Bonchev–Trinajstić information content (AvgIpc) is 3.06. The lowest BCUT2D eigenvalue weighted by Crippen LogP contribution is -1.83. The Bertz CT molecular complexity index is 1040. The summed E-state index contributed by atoms with van der Waals surface area (Å²) in [6.45, 7) is 0. The van der Waals surface area contributed by atoms with Crippen molar-refractivity contribution < 1.29 is 4.74 Å². The molecule has 122 valence electrons. The summed E-state index contributed by atoms with van der Waals surface area (Å²) in [4.78, 5) is 0. The molecule has 0 saturated heterocycles. The number of pyridine rings is 1. The molecule has 0 aliphatic rings. The zero-order chi connectivity index (χ0) is 17.1. The molecule has 0 fully saturated rings.